The molecule has 0 spiro atoms. The van der Waals surface area contributed by atoms with Crippen LogP contribution in [0.4, 0.5) is 0 Å². The van der Waals surface area contributed by atoms with Crippen molar-refractivity contribution in [1.29, 1.82) is 0 Å². The molecule has 0 amide bonds. The van der Waals surface area contributed by atoms with Crippen LogP contribution in [0.1, 0.15) is 47.0 Å². The van der Waals surface area contributed by atoms with E-state index >= 15 is 0 Å². The van der Waals surface area contributed by atoms with E-state index in [1.165, 1.54) is 25.4 Å². The van der Waals surface area contributed by atoms with Crippen molar-refractivity contribution in [2.24, 2.45) is 0 Å². The van der Waals surface area contributed by atoms with E-state index in [-0.39, 0.29) is 7.92 Å². The average Bonchev–Trinajstić information content (AvgIpc) is 2.30. The Labute approximate surface area is 102 Å². The Bertz CT molecular complexity index is 167. The largest absolute Gasteiger partial charge is 0.378 e. The first-order valence-electron chi connectivity index (χ1n) is 6.69. The zero-order valence-electron chi connectivity index (χ0n) is 11.2. The normalized spacial score (nSPS) is 30.0. The van der Waals surface area contributed by atoms with Gasteiger partial charge in [0.1, 0.15) is 0 Å². The highest BCUT2D eigenvalue weighted by atomic mass is 31.1. The molecule has 0 bridgehead atoms. The van der Waals surface area contributed by atoms with Crippen molar-refractivity contribution in [2.45, 2.75) is 64.6 Å². The second-order valence-corrected chi connectivity index (χ2v) is 7.38. The molecule has 0 aromatic carbocycles. The molecule has 1 rings (SSSR count). The molecule has 1 heterocycles. The van der Waals surface area contributed by atoms with E-state index in [4.69, 9.17) is 9.47 Å². The van der Waals surface area contributed by atoms with Gasteiger partial charge in [-0.2, -0.15) is 0 Å². The highest BCUT2D eigenvalue weighted by Gasteiger charge is 2.33. The summed E-state index contributed by atoms with van der Waals surface area (Å²) in [4.78, 5) is 0. The zero-order valence-corrected chi connectivity index (χ0v) is 12.1. The first-order chi connectivity index (χ1) is 7.70. The molecule has 1 aliphatic rings. The number of hydrogen-bond donors (Lipinski definition) is 0. The Balaban J connectivity index is 2.55. The van der Waals surface area contributed by atoms with Gasteiger partial charge in [0.25, 0.3) is 0 Å². The second kappa shape index (κ2) is 7.63. The fourth-order valence-electron chi connectivity index (χ4n) is 2.65. The molecule has 0 N–H and O–H groups in total. The first-order valence-corrected chi connectivity index (χ1v) is 8.36. The molecule has 1 aliphatic heterocycles. The maximum Gasteiger partial charge on any atom is 0.0740 e. The van der Waals surface area contributed by atoms with Gasteiger partial charge in [0.2, 0.25) is 0 Å². The third-order valence-electron chi connectivity index (χ3n) is 3.44. The smallest absolute Gasteiger partial charge is 0.0740 e. The molecule has 1 fully saturated rings. The van der Waals surface area contributed by atoms with Crippen molar-refractivity contribution in [1.82, 2.24) is 0 Å². The van der Waals surface area contributed by atoms with Gasteiger partial charge < -0.3 is 9.47 Å². The van der Waals surface area contributed by atoms with E-state index in [0.29, 0.717) is 11.9 Å². The van der Waals surface area contributed by atoms with Crippen LogP contribution in [-0.2, 0) is 9.47 Å². The highest BCUT2D eigenvalue weighted by molar-refractivity contribution is 7.59. The van der Waals surface area contributed by atoms with Crippen molar-refractivity contribution in [3.63, 3.8) is 0 Å². The topological polar surface area (TPSA) is 18.5 Å². The van der Waals surface area contributed by atoms with Gasteiger partial charge in [-0.3, -0.25) is 0 Å². The summed E-state index contributed by atoms with van der Waals surface area (Å²) < 4.78 is 11.6. The van der Waals surface area contributed by atoms with Crippen LogP contribution in [-0.4, -0.2) is 37.0 Å². The van der Waals surface area contributed by atoms with Crippen LogP contribution < -0.4 is 0 Å². The summed E-state index contributed by atoms with van der Waals surface area (Å²) in [6.07, 6.45) is 5.89. The van der Waals surface area contributed by atoms with Crippen LogP contribution in [0.5, 0.6) is 0 Å². The molecular weight excluding hydrogens is 219 g/mol. The highest BCUT2D eigenvalue weighted by Crippen LogP contribution is 2.53. The van der Waals surface area contributed by atoms with Gasteiger partial charge in [-0.1, -0.05) is 14.3 Å². The molecule has 4 atom stereocenters. The number of ether oxygens (including phenoxy) is 2. The van der Waals surface area contributed by atoms with Crippen LogP contribution in [0.2, 0.25) is 0 Å². The maximum atomic E-state index is 5.81. The molecule has 1 saturated heterocycles. The van der Waals surface area contributed by atoms with E-state index < -0.39 is 0 Å². The molecule has 4 unspecified atom stereocenters. The summed E-state index contributed by atoms with van der Waals surface area (Å²) >= 11 is 0. The van der Waals surface area contributed by atoms with E-state index in [2.05, 4.69) is 27.7 Å². The molecule has 3 heteroatoms. The predicted molar refractivity (Wildman–Crippen MR) is 71.6 cm³/mol. The number of hydrogen-bond acceptors (Lipinski definition) is 2. The van der Waals surface area contributed by atoms with Crippen molar-refractivity contribution >= 4 is 7.92 Å². The summed E-state index contributed by atoms with van der Waals surface area (Å²) in [5.41, 5.74) is 0.755. The van der Waals surface area contributed by atoms with Crippen LogP contribution in [0.25, 0.3) is 0 Å². The van der Waals surface area contributed by atoms with Gasteiger partial charge in [-0.05, 0) is 46.7 Å². The van der Waals surface area contributed by atoms with Gasteiger partial charge in [-0.25, -0.2) is 0 Å². The van der Waals surface area contributed by atoms with E-state index in [1.54, 1.807) is 0 Å². The fraction of sp³-hybridized carbons (Fsp3) is 1.00. The lowest BCUT2D eigenvalue weighted by atomic mass is 10.1. The molecule has 2 nitrogen and oxygen atoms in total. The predicted octanol–water partition coefficient (Wildman–Crippen LogP) is 3.83. The minimum atomic E-state index is -0.000448. The average molecular weight is 246 g/mol. The lowest BCUT2D eigenvalue weighted by Crippen LogP contribution is -2.31. The molecule has 0 saturated carbocycles. The van der Waals surface area contributed by atoms with E-state index in [0.717, 1.165) is 18.9 Å². The lowest BCUT2D eigenvalue weighted by Gasteiger charge is -2.39. The van der Waals surface area contributed by atoms with Crippen molar-refractivity contribution < 1.29 is 9.47 Å². The van der Waals surface area contributed by atoms with Gasteiger partial charge in [0, 0.05) is 18.9 Å². The Morgan fingerprint density at radius 1 is 1.12 bits per heavy atom. The van der Waals surface area contributed by atoms with Crippen LogP contribution >= 0.6 is 7.92 Å². The molecule has 0 aliphatic carbocycles. The number of rotatable bonds is 6. The Kier molecular flexibility index (Phi) is 6.87. The Hall–Kier alpha value is 0.350. The first kappa shape index (κ1) is 14.4. The Morgan fingerprint density at radius 3 is 2.44 bits per heavy atom. The van der Waals surface area contributed by atoms with Crippen molar-refractivity contribution in [3.05, 3.63) is 0 Å². The minimum Gasteiger partial charge on any atom is -0.378 e. The van der Waals surface area contributed by atoms with Crippen LogP contribution in [0.15, 0.2) is 0 Å². The second-order valence-electron chi connectivity index (χ2n) is 4.52. The molecule has 0 radical (unpaired) electrons. The third-order valence-corrected chi connectivity index (χ3v) is 6.88. The summed E-state index contributed by atoms with van der Waals surface area (Å²) in [6, 6.07) is 0. The van der Waals surface area contributed by atoms with Crippen molar-refractivity contribution in [2.75, 3.05) is 19.4 Å². The van der Waals surface area contributed by atoms with E-state index in [9.17, 15) is 0 Å². The molecule has 96 valence electrons. The maximum absolute atomic E-state index is 5.81. The van der Waals surface area contributed by atoms with Gasteiger partial charge in [-0.15, -0.1) is 0 Å². The quantitative estimate of drug-likeness (QED) is 0.663. The monoisotopic (exact) mass is 246 g/mol. The van der Waals surface area contributed by atoms with Gasteiger partial charge in [0.05, 0.1) is 11.9 Å². The SMILES string of the molecule is CCOC(C)C1CCCCP1C(C)OCC. The summed E-state index contributed by atoms with van der Waals surface area (Å²) in [5.74, 6) is 0.452. The van der Waals surface area contributed by atoms with Crippen LogP contribution in [0, 0.1) is 0 Å². The third kappa shape index (κ3) is 3.98. The van der Waals surface area contributed by atoms with Gasteiger partial charge >= 0.3 is 0 Å². The summed E-state index contributed by atoms with van der Waals surface area (Å²) in [7, 11) is -0.000448. The summed E-state index contributed by atoms with van der Waals surface area (Å²) in [5, 5.41) is 0. The molecule has 0 aromatic rings. The fourth-order valence-corrected chi connectivity index (χ4v) is 5.95. The van der Waals surface area contributed by atoms with Crippen molar-refractivity contribution in [3.8, 4) is 0 Å². The molecule has 16 heavy (non-hydrogen) atoms. The standard InChI is InChI=1S/C13H27O2P/c1-5-14-11(3)13-9-7-8-10-16(13)12(4)15-6-2/h11-13H,5-10H2,1-4H3. The van der Waals surface area contributed by atoms with E-state index in [1.807, 2.05) is 0 Å². The van der Waals surface area contributed by atoms with Crippen LogP contribution in [0.3, 0.4) is 0 Å². The Morgan fingerprint density at radius 2 is 1.81 bits per heavy atom. The summed E-state index contributed by atoms with van der Waals surface area (Å²) in [6.45, 7) is 10.4. The zero-order chi connectivity index (χ0) is 12.0. The lowest BCUT2D eigenvalue weighted by molar-refractivity contribution is 0.0676. The molecule has 0 aromatic heterocycles. The molecular formula is C13H27O2P. The van der Waals surface area contributed by atoms with Gasteiger partial charge in [0.15, 0.2) is 0 Å². The minimum absolute atomic E-state index is 0.000448.